The van der Waals surface area contributed by atoms with Gasteiger partial charge < -0.3 is 10.6 Å². The summed E-state index contributed by atoms with van der Waals surface area (Å²) in [6.07, 6.45) is 3.12. The van der Waals surface area contributed by atoms with Crippen LogP contribution in [0, 0.1) is 12.8 Å². The quantitative estimate of drug-likeness (QED) is 0.735. The van der Waals surface area contributed by atoms with Gasteiger partial charge in [-0.3, -0.25) is 19.3 Å². The predicted molar refractivity (Wildman–Crippen MR) is 112 cm³/mol. The molecule has 7 heteroatoms. The largest absolute Gasteiger partial charge is 0.325 e. The summed E-state index contributed by atoms with van der Waals surface area (Å²) in [5, 5.41) is 5.70. The van der Waals surface area contributed by atoms with Crippen molar-refractivity contribution in [1.82, 2.24) is 9.88 Å². The zero-order valence-electron chi connectivity index (χ0n) is 16.8. The summed E-state index contributed by atoms with van der Waals surface area (Å²) < 4.78 is 0. The maximum atomic E-state index is 12.4. The summed E-state index contributed by atoms with van der Waals surface area (Å²) in [5.74, 6) is 0.297. The molecule has 29 heavy (non-hydrogen) atoms. The van der Waals surface area contributed by atoms with E-state index in [0.717, 1.165) is 5.56 Å². The van der Waals surface area contributed by atoms with Crippen LogP contribution >= 0.6 is 0 Å². The zero-order chi connectivity index (χ0) is 20.8. The fraction of sp³-hybridized carbons (Fsp3) is 0.364. The minimum Gasteiger partial charge on any atom is -0.325 e. The molecule has 1 saturated heterocycles. The topological polar surface area (TPSA) is 91.4 Å². The minimum absolute atomic E-state index is 0.0218. The van der Waals surface area contributed by atoms with Gasteiger partial charge in [-0.1, -0.05) is 18.2 Å². The van der Waals surface area contributed by atoms with Crippen molar-refractivity contribution >= 4 is 29.1 Å². The lowest BCUT2D eigenvalue weighted by molar-refractivity contribution is -0.121. The van der Waals surface area contributed by atoms with Gasteiger partial charge in [0.2, 0.25) is 11.8 Å². The molecule has 0 radical (unpaired) electrons. The van der Waals surface area contributed by atoms with Crippen LogP contribution in [-0.2, 0) is 9.59 Å². The predicted octanol–water partition coefficient (Wildman–Crippen LogP) is 2.88. The van der Waals surface area contributed by atoms with E-state index in [1.165, 1.54) is 6.92 Å². The van der Waals surface area contributed by atoms with Crippen LogP contribution in [0.4, 0.5) is 11.5 Å². The van der Waals surface area contributed by atoms with Gasteiger partial charge in [-0.05, 0) is 63.5 Å². The molecule has 1 aliphatic heterocycles. The van der Waals surface area contributed by atoms with Crippen molar-refractivity contribution in [3.05, 3.63) is 53.7 Å². The Bertz CT molecular complexity index is 887. The average Bonchev–Trinajstić information content (AvgIpc) is 2.70. The van der Waals surface area contributed by atoms with Gasteiger partial charge in [0.05, 0.1) is 6.54 Å². The van der Waals surface area contributed by atoms with E-state index in [2.05, 4.69) is 15.6 Å². The first-order chi connectivity index (χ1) is 13.9. The Morgan fingerprint density at radius 2 is 1.86 bits per heavy atom. The van der Waals surface area contributed by atoms with Crippen LogP contribution in [0.2, 0.25) is 0 Å². The number of hydrogen-bond acceptors (Lipinski definition) is 5. The number of amides is 2. The number of rotatable bonds is 6. The number of carbonyl (C=O) groups is 3. The third kappa shape index (κ3) is 5.96. The number of anilines is 2. The number of Topliss-reactive ketones (excluding diaryl/α,β-unsaturated/α-hetero) is 1. The van der Waals surface area contributed by atoms with Crippen LogP contribution in [0.5, 0.6) is 0 Å². The van der Waals surface area contributed by atoms with E-state index >= 15 is 0 Å². The molecule has 3 rings (SSSR count). The second kappa shape index (κ2) is 9.43. The average molecular weight is 394 g/mol. The Balaban J connectivity index is 1.45. The zero-order valence-corrected chi connectivity index (χ0v) is 16.8. The number of piperidine rings is 1. The fourth-order valence-corrected chi connectivity index (χ4v) is 3.34. The molecule has 0 atom stereocenters. The Morgan fingerprint density at radius 1 is 1.10 bits per heavy atom. The second-order valence-corrected chi connectivity index (χ2v) is 7.45. The summed E-state index contributed by atoms with van der Waals surface area (Å²) in [7, 11) is 0. The van der Waals surface area contributed by atoms with Gasteiger partial charge in [0.25, 0.3) is 0 Å². The normalized spacial score (nSPS) is 15.0. The Morgan fingerprint density at radius 3 is 2.52 bits per heavy atom. The number of ketones is 1. The standard InChI is InChI=1S/C22H26N4O3/c1-15-6-7-20(23-13-15)25-22(29)17-8-10-26(11-9-17)14-21(28)24-19-5-3-4-18(12-19)16(2)27/h3-7,12-13,17H,8-11,14H2,1-2H3,(H,24,28)(H,23,25,29). The van der Waals surface area contributed by atoms with E-state index in [4.69, 9.17) is 0 Å². The van der Waals surface area contributed by atoms with Gasteiger partial charge in [-0.15, -0.1) is 0 Å². The van der Waals surface area contributed by atoms with Crippen LogP contribution in [0.15, 0.2) is 42.6 Å². The van der Waals surface area contributed by atoms with Crippen LogP contribution in [0.1, 0.15) is 35.7 Å². The van der Waals surface area contributed by atoms with Crippen molar-refractivity contribution in [2.75, 3.05) is 30.3 Å². The van der Waals surface area contributed by atoms with E-state index in [1.54, 1.807) is 36.5 Å². The van der Waals surface area contributed by atoms with Crippen LogP contribution in [-0.4, -0.2) is 47.1 Å². The number of pyridine rings is 1. The smallest absolute Gasteiger partial charge is 0.238 e. The van der Waals surface area contributed by atoms with Gasteiger partial charge in [0.1, 0.15) is 5.82 Å². The van der Waals surface area contributed by atoms with Crippen LogP contribution in [0.3, 0.4) is 0 Å². The summed E-state index contributed by atoms with van der Waals surface area (Å²) in [6, 6.07) is 10.6. The molecule has 2 aromatic rings. The third-order valence-electron chi connectivity index (χ3n) is 5.04. The van der Waals surface area contributed by atoms with Crippen LogP contribution in [0.25, 0.3) is 0 Å². The maximum Gasteiger partial charge on any atom is 0.238 e. The SMILES string of the molecule is CC(=O)c1cccc(NC(=O)CN2CCC(C(=O)Nc3ccc(C)cn3)CC2)c1. The van der Waals surface area contributed by atoms with Gasteiger partial charge in [0, 0.05) is 23.4 Å². The molecule has 1 fully saturated rings. The number of nitrogens with zero attached hydrogens (tertiary/aromatic N) is 2. The van der Waals surface area contributed by atoms with E-state index in [1.807, 2.05) is 17.9 Å². The summed E-state index contributed by atoms with van der Waals surface area (Å²) in [6.45, 7) is 5.07. The third-order valence-corrected chi connectivity index (χ3v) is 5.04. The van der Waals surface area contributed by atoms with Gasteiger partial charge in [-0.25, -0.2) is 4.98 Å². The van der Waals surface area contributed by atoms with Crippen molar-refractivity contribution in [2.45, 2.75) is 26.7 Å². The number of aromatic nitrogens is 1. The molecule has 2 amide bonds. The number of nitrogens with one attached hydrogen (secondary N) is 2. The molecular formula is C22H26N4O3. The van der Waals surface area contributed by atoms with E-state index in [0.29, 0.717) is 43.0 Å². The minimum atomic E-state index is -0.127. The van der Waals surface area contributed by atoms with E-state index in [-0.39, 0.29) is 30.1 Å². The lowest BCUT2D eigenvalue weighted by atomic mass is 9.96. The summed E-state index contributed by atoms with van der Waals surface area (Å²) in [4.78, 5) is 42.5. The molecule has 1 aromatic heterocycles. The van der Waals surface area contributed by atoms with Crippen molar-refractivity contribution in [1.29, 1.82) is 0 Å². The Hall–Kier alpha value is -3.06. The first-order valence-electron chi connectivity index (χ1n) is 9.77. The highest BCUT2D eigenvalue weighted by molar-refractivity contribution is 5.97. The highest BCUT2D eigenvalue weighted by Gasteiger charge is 2.26. The molecule has 1 aliphatic rings. The lowest BCUT2D eigenvalue weighted by Gasteiger charge is -2.30. The monoisotopic (exact) mass is 394 g/mol. The lowest BCUT2D eigenvalue weighted by Crippen LogP contribution is -2.41. The van der Waals surface area contributed by atoms with Crippen LogP contribution < -0.4 is 10.6 Å². The first-order valence-corrected chi connectivity index (χ1v) is 9.77. The molecule has 0 spiro atoms. The first kappa shape index (κ1) is 20.7. The number of aryl methyl sites for hydroxylation is 1. The number of hydrogen-bond donors (Lipinski definition) is 2. The highest BCUT2D eigenvalue weighted by atomic mass is 16.2. The van der Waals surface area contributed by atoms with Crippen molar-refractivity contribution in [3.63, 3.8) is 0 Å². The molecule has 2 heterocycles. The van der Waals surface area contributed by atoms with Gasteiger partial charge >= 0.3 is 0 Å². The molecule has 0 bridgehead atoms. The Kier molecular flexibility index (Phi) is 6.72. The molecule has 2 N–H and O–H groups in total. The highest BCUT2D eigenvalue weighted by Crippen LogP contribution is 2.19. The van der Waals surface area contributed by atoms with Crippen molar-refractivity contribution in [2.24, 2.45) is 5.92 Å². The second-order valence-electron chi connectivity index (χ2n) is 7.45. The molecule has 1 aromatic carbocycles. The van der Waals surface area contributed by atoms with E-state index < -0.39 is 0 Å². The molecular weight excluding hydrogens is 368 g/mol. The molecule has 0 unspecified atom stereocenters. The summed E-state index contributed by atoms with van der Waals surface area (Å²) >= 11 is 0. The van der Waals surface area contributed by atoms with Gasteiger partial charge in [-0.2, -0.15) is 0 Å². The molecule has 7 nitrogen and oxygen atoms in total. The van der Waals surface area contributed by atoms with Crippen molar-refractivity contribution < 1.29 is 14.4 Å². The summed E-state index contributed by atoms with van der Waals surface area (Å²) in [5.41, 5.74) is 2.22. The number of carbonyl (C=O) groups excluding carboxylic acids is 3. The fourth-order valence-electron chi connectivity index (χ4n) is 3.34. The van der Waals surface area contributed by atoms with Crippen molar-refractivity contribution in [3.8, 4) is 0 Å². The van der Waals surface area contributed by atoms with Gasteiger partial charge in [0.15, 0.2) is 5.78 Å². The maximum absolute atomic E-state index is 12.4. The number of likely N-dealkylation sites (tertiary alicyclic amines) is 1. The Labute approximate surface area is 170 Å². The molecule has 0 saturated carbocycles. The molecule has 152 valence electrons. The van der Waals surface area contributed by atoms with E-state index in [9.17, 15) is 14.4 Å². The molecule has 0 aliphatic carbocycles. The number of benzene rings is 1.